The van der Waals surface area contributed by atoms with Crippen LogP contribution in [0, 0.1) is 17.8 Å². The fourth-order valence-electron chi connectivity index (χ4n) is 4.99. The van der Waals surface area contributed by atoms with Crippen LogP contribution in [0.3, 0.4) is 0 Å². The fourth-order valence-corrected chi connectivity index (χ4v) is 4.99. The van der Waals surface area contributed by atoms with Gasteiger partial charge in [-0.25, -0.2) is 0 Å². The first-order valence-electron chi connectivity index (χ1n) is 8.81. The third-order valence-corrected chi connectivity index (χ3v) is 6.12. The van der Waals surface area contributed by atoms with E-state index in [1.807, 2.05) is 24.3 Å². The Balaban J connectivity index is 1.38. The van der Waals surface area contributed by atoms with E-state index < -0.39 is 0 Å². The molecular formula is C19H24N2O2. The molecule has 1 aromatic carbocycles. The van der Waals surface area contributed by atoms with Gasteiger partial charge in [0.1, 0.15) is 0 Å². The predicted molar refractivity (Wildman–Crippen MR) is 89.0 cm³/mol. The molecule has 4 nitrogen and oxygen atoms in total. The van der Waals surface area contributed by atoms with E-state index in [1.165, 1.54) is 25.7 Å². The van der Waals surface area contributed by atoms with E-state index in [2.05, 4.69) is 17.6 Å². The van der Waals surface area contributed by atoms with Crippen LogP contribution in [0.4, 0.5) is 5.69 Å². The maximum absolute atomic E-state index is 12.4. The maximum Gasteiger partial charge on any atom is 0.232 e. The Morgan fingerprint density at radius 1 is 1.30 bits per heavy atom. The lowest BCUT2D eigenvalue weighted by atomic mass is 9.84. The number of anilines is 1. The highest BCUT2D eigenvalue weighted by atomic mass is 16.2. The summed E-state index contributed by atoms with van der Waals surface area (Å²) >= 11 is 0. The van der Waals surface area contributed by atoms with Crippen molar-refractivity contribution in [1.29, 1.82) is 0 Å². The predicted octanol–water partition coefficient (Wildman–Crippen LogP) is 3.05. The molecule has 0 saturated heterocycles. The van der Waals surface area contributed by atoms with Crippen LogP contribution >= 0.6 is 0 Å². The summed E-state index contributed by atoms with van der Waals surface area (Å²) in [5.74, 6) is 1.90. The molecule has 2 bridgehead atoms. The van der Waals surface area contributed by atoms with Crippen molar-refractivity contribution in [3.63, 3.8) is 0 Å². The summed E-state index contributed by atoms with van der Waals surface area (Å²) < 4.78 is 0. The summed E-state index contributed by atoms with van der Waals surface area (Å²) in [7, 11) is 0. The molecule has 4 rings (SSSR count). The molecular weight excluding hydrogens is 288 g/mol. The van der Waals surface area contributed by atoms with Crippen molar-refractivity contribution in [2.45, 2.75) is 51.0 Å². The SMILES string of the molecule is C[C@H](NC(=O)C[C@H]1C(=O)Nc2ccccc21)[C@H]1C[C@H]2CC[C@H]1C2. The topological polar surface area (TPSA) is 58.2 Å². The van der Waals surface area contributed by atoms with E-state index in [0.29, 0.717) is 5.92 Å². The first-order valence-corrected chi connectivity index (χ1v) is 8.81. The second kappa shape index (κ2) is 5.66. The molecule has 23 heavy (non-hydrogen) atoms. The zero-order valence-corrected chi connectivity index (χ0v) is 13.5. The van der Waals surface area contributed by atoms with Crippen LogP contribution in [-0.4, -0.2) is 17.9 Å². The number of hydrogen-bond donors (Lipinski definition) is 2. The molecule has 2 amide bonds. The van der Waals surface area contributed by atoms with E-state index in [-0.39, 0.29) is 30.2 Å². The van der Waals surface area contributed by atoms with Gasteiger partial charge in [0.25, 0.3) is 0 Å². The van der Waals surface area contributed by atoms with Gasteiger partial charge in [-0.3, -0.25) is 9.59 Å². The molecule has 1 aromatic rings. The minimum Gasteiger partial charge on any atom is -0.353 e. The average molecular weight is 312 g/mol. The number of carbonyl (C=O) groups is 2. The minimum absolute atomic E-state index is 0.00266. The number of nitrogens with one attached hydrogen (secondary N) is 2. The lowest BCUT2D eigenvalue weighted by Crippen LogP contribution is -2.40. The van der Waals surface area contributed by atoms with Gasteiger partial charge in [-0.05, 0) is 55.6 Å². The largest absolute Gasteiger partial charge is 0.353 e. The van der Waals surface area contributed by atoms with Gasteiger partial charge in [0.05, 0.1) is 5.92 Å². The lowest BCUT2D eigenvalue weighted by molar-refractivity contribution is -0.125. The Kier molecular flexibility index (Phi) is 3.63. The van der Waals surface area contributed by atoms with Gasteiger partial charge in [0.2, 0.25) is 11.8 Å². The fraction of sp³-hybridized carbons (Fsp3) is 0.579. The second-order valence-electron chi connectivity index (χ2n) is 7.53. The van der Waals surface area contributed by atoms with Crippen LogP contribution in [0.25, 0.3) is 0 Å². The Hall–Kier alpha value is -1.84. The maximum atomic E-state index is 12.4. The second-order valence-corrected chi connectivity index (χ2v) is 7.53. The van der Waals surface area contributed by atoms with Gasteiger partial charge in [0, 0.05) is 18.2 Å². The van der Waals surface area contributed by atoms with E-state index in [1.54, 1.807) is 0 Å². The van der Waals surface area contributed by atoms with Crippen LogP contribution in [0.1, 0.15) is 50.5 Å². The first kappa shape index (κ1) is 14.7. The van der Waals surface area contributed by atoms with Crippen LogP contribution in [0.2, 0.25) is 0 Å². The molecule has 0 spiro atoms. The van der Waals surface area contributed by atoms with Crippen LogP contribution in [0.15, 0.2) is 24.3 Å². The molecule has 2 saturated carbocycles. The van der Waals surface area contributed by atoms with E-state index in [9.17, 15) is 9.59 Å². The van der Waals surface area contributed by atoms with Gasteiger partial charge < -0.3 is 10.6 Å². The summed E-state index contributed by atoms with van der Waals surface area (Å²) in [5, 5.41) is 6.03. The Labute approximate surface area is 137 Å². The normalized spacial score (nSPS) is 32.5. The third kappa shape index (κ3) is 2.64. The highest BCUT2D eigenvalue weighted by molar-refractivity contribution is 6.04. The molecule has 0 unspecified atom stereocenters. The molecule has 2 aliphatic carbocycles. The van der Waals surface area contributed by atoms with E-state index >= 15 is 0 Å². The number of fused-ring (bicyclic) bond motifs is 3. The minimum atomic E-state index is -0.349. The number of para-hydroxylation sites is 1. The molecule has 1 heterocycles. The quantitative estimate of drug-likeness (QED) is 0.898. The first-order chi connectivity index (χ1) is 11.1. The van der Waals surface area contributed by atoms with Gasteiger partial charge >= 0.3 is 0 Å². The van der Waals surface area contributed by atoms with Crippen molar-refractivity contribution >= 4 is 17.5 Å². The van der Waals surface area contributed by atoms with Crippen molar-refractivity contribution in [2.75, 3.05) is 5.32 Å². The molecule has 4 heteroatoms. The molecule has 2 N–H and O–H groups in total. The van der Waals surface area contributed by atoms with Crippen LogP contribution < -0.4 is 10.6 Å². The Morgan fingerprint density at radius 3 is 2.87 bits per heavy atom. The number of benzene rings is 1. The molecule has 3 aliphatic rings. The highest BCUT2D eigenvalue weighted by Gasteiger charge is 2.42. The zero-order valence-electron chi connectivity index (χ0n) is 13.5. The van der Waals surface area contributed by atoms with Crippen molar-refractivity contribution in [2.24, 2.45) is 17.8 Å². The highest BCUT2D eigenvalue weighted by Crippen LogP contribution is 2.49. The van der Waals surface area contributed by atoms with Crippen molar-refractivity contribution < 1.29 is 9.59 Å². The number of hydrogen-bond acceptors (Lipinski definition) is 2. The van der Waals surface area contributed by atoms with Gasteiger partial charge in [-0.15, -0.1) is 0 Å². The molecule has 0 radical (unpaired) electrons. The Morgan fingerprint density at radius 2 is 2.13 bits per heavy atom. The van der Waals surface area contributed by atoms with Gasteiger partial charge in [-0.1, -0.05) is 24.6 Å². The Bertz CT molecular complexity index is 642. The standard InChI is InChI=1S/C19H24N2O2/c1-11(15-9-12-6-7-13(15)8-12)20-18(22)10-16-14-4-2-3-5-17(14)21-19(16)23/h2-5,11-13,15-16H,6-10H2,1H3,(H,20,22)(H,21,23)/t11-,12-,13-,15+,16+/m0/s1. The number of amides is 2. The summed E-state index contributed by atoms with van der Waals surface area (Å²) in [4.78, 5) is 24.6. The summed E-state index contributed by atoms with van der Waals surface area (Å²) in [6.07, 6.45) is 5.56. The molecule has 1 aliphatic heterocycles. The third-order valence-electron chi connectivity index (χ3n) is 6.12. The molecule has 0 aromatic heterocycles. The monoisotopic (exact) mass is 312 g/mol. The summed E-state index contributed by atoms with van der Waals surface area (Å²) in [5.41, 5.74) is 1.79. The number of rotatable bonds is 4. The summed E-state index contributed by atoms with van der Waals surface area (Å²) in [6, 6.07) is 7.87. The van der Waals surface area contributed by atoms with Crippen LogP contribution in [0.5, 0.6) is 0 Å². The lowest BCUT2D eigenvalue weighted by Gasteiger charge is -2.28. The van der Waals surface area contributed by atoms with Crippen molar-refractivity contribution in [3.8, 4) is 0 Å². The summed E-state index contributed by atoms with van der Waals surface area (Å²) in [6.45, 7) is 2.13. The van der Waals surface area contributed by atoms with Gasteiger partial charge in [-0.2, -0.15) is 0 Å². The molecule has 2 fully saturated rings. The van der Waals surface area contributed by atoms with E-state index in [4.69, 9.17) is 0 Å². The van der Waals surface area contributed by atoms with Crippen molar-refractivity contribution in [3.05, 3.63) is 29.8 Å². The molecule has 122 valence electrons. The number of carbonyl (C=O) groups excluding carboxylic acids is 2. The smallest absolute Gasteiger partial charge is 0.232 e. The van der Waals surface area contributed by atoms with E-state index in [0.717, 1.165) is 23.1 Å². The average Bonchev–Trinajstić information content (AvgIpc) is 3.22. The van der Waals surface area contributed by atoms with Crippen LogP contribution in [-0.2, 0) is 9.59 Å². The van der Waals surface area contributed by atoms with Gasteiger partial charge in [0.15, 0.2) is 0 Å². The van der Waals surface area contributed by atoms with Crippen molar-refractivity contribution in [1.82, 2.24) is 5.32 Å². The molecule has 5 atom stereocenters. The zero-order chi connectivity index (χ0) is 16.0.